The second-order valence-corrected chi connectivity index (χ2v) is 8.36. The largest absolute Gasteiger partial charge is 0.451 e. The van der Waals surface area contributed by atoms with E-state index in [-0.39, 0.29) is 23.5 Å². The van der Waals surface area contributed by atoms with E-state index in [4.69, 9.17) is 4.42 Å². The lowest BCUT2D eigenvalue weighted by molar-refractivity contribution is -0.121. The molecule has 2 fully saturated rings. The minimum absolute atomic E-state index is 0.115. The van der Waals surface area contributed by atoms with Crippen molar-refractivity contribution in [2.75, 3.05) is 10.6 Å². The van der Waals surface area contributed by atoms with E-state index in [9.17, 15) is 9.59 Å². The predicted molar refractivity (Wildman–Crippen MR) is 113 cm³/mol. The third kappa shape index (κ3) is 3.56. The van der Waals surface area contributed by atoms with Crippen LogP contribution in [0.5, 0.6) is 0 Å². The third-order valence-electron chi connectivity index (χ3n) is 6.47. The second kappa shape index (κ2) is 7.55. The lowest BCUT2D eigenvalue weighted by atomic mass is 9.91. The Bertz CT molecular complexity index is 1110. The molecule has 154 valence electrons. The maximum Gasteiger partial charge on any atom is 0.291 e. The normalized spacial score (nSPS) is 22.8. The van der Waals surface area contributed by atoms with Gasteiger partial charge in [0.2, 0.25) is 5.91 Å². The highest BCUT2D eigenvalue weighted by atomic mass is 16.3. The summed E-state index contributed by atoms with van der Waals surface area (Å²) in [5.41, 5.74) is 1.82. The van der Waals surface area contributed by atoms with Crippen LogP contribution >= 0.6 is 0 Å². The zero-order valence-electron chi connectivity index (χ0n) is 16.9. The number of benzene rings is 1. The van der Waals surface area contributed by atoms with Crippen LogP contribution in [0.15, 0.2) is 41.1 Å². The van der Waals surface area contributed by atoms with E-state index in [1.165, 1.54) is 25.7 Å². The molecule has 5 rings (SSSR count). The molecule has 7 heteroatoms. The van der Waals surface area contributed by atoms with Gasteiger partial charge in [0.05, 0.1) is 18.1 Å². The van der Waals surface area contributed by atoms with Crippen LogP contribution in [0.4, 0.5) is 11.4 Å². The zero-order chi connectivity index (χ0) is 20.7. The van der Waals surface area contributed by atoms with Gasteiger partial charge in [-0.25, -0.2) is 9.97 Å². The first kappa shape index (κ1) is 18.8. The van der Waals surface area contributed by atoms with E-state index in [0.717, 1.165) is 23.4 Å². The number of nitrogens with zero attached hydrogens (tertiary/aromatic N) is 2. The smallest absolute Gasteiger partial charge is 0.291 e. The first-order valence-electron chi connectivity index (χ1n) is 10.5. The van der Waals surface area contributed by atoms with Crippen LogP contribution in [0.3, 0.4) is 0 Å². The summed E-state index contributed by atoms with van der Waals surface area (Å²) in [7, 11) is 0. The van der Waals surface area contributed by atoms with Gasteiger partial charge in [-0.15, -0.1) is 0 Å². The molecule has 0 saturated heterocycles. The Morgan fingerprint density at radius 1 is 1.00 bits per heavy atom. The van der Waals surface area contributed by atoms with Crippen molar-refractivity contribution in [3.8, 4) is 0 Å². The SMILES string of the molecule is Cc1ncc(NC(=O)c2cc3cc(NC(=O)[C@H]4CC[C@@H]5CCC[C@@H]54)ccc3o2)cn1. The lowest BCUT2D eigenvalue weighted by Gasteiger charge is -2.18. The van der Waals surface area contributed by atoms with E-state index in [1.807, 2.05) is 12.1 Å². The molecule has 2 heterocycles. The summed E-state index contributed by atoms with van der Waals surface area (Å²) >= 11 is 0. The molecule has 0 radical (unpaired) electrons. The van der Waals surface area contributed by atoms with Gasteiger partial charge >= 0.3 is 0 Å². The molecule has 2 N–H and O–H groups in total. The van der Waals surface area contributed by atoms with Crippen LogP contribution in [-0.2, 0) is 4.79 Å². The fourth-order valence-corrected chi connectivity index (χ4v) is 5.00. The number of rotatable bonds is 4. The van der Waals surface area contributed by atoms with E-state index in [1.54, 1.807) is 31.5 Å². The van der Waals surface area contributed by atoms with Crippen LogP contribution in [-0.4, -0.2) is 21.8 Å². The van der Waals surface area contributed by atoms with E-state index in [0.29, 0.717) is 23.0 Å². The number of amides is 2. The topological polar surface area (TPSA) is 97.1 Å². The standard InChI is InChI=1S/C23H24N4O3/c1-13-24-11-17(12-25-13)27-23(29)21-10-15-9-16(6-8-20(15)30-21)26-22(28)19-7-5-14-3-2-4-18(14)19/h6,8-12,14,18-19H,2-5,7H2,1H3,(H,26,28)(H,27,29)/t14-,18-,19-/m0/s1. The van der Waals surface area contributed by atoms with Gasteiger partial charge < -0.3 is 15.1 Å². The molecular weight excluding hydrogens is 380 g/mol. The molecule has 2 aromatic heterocycles. The van der Waals surface area contributed by atoms with Gasteiger partial charge in [0.15, 0.2) is 5.76 Å². The van der Waals surface area contributed by atoms with E-state index < -0.39 is 0 Å². The summed E-state index contributed by atoms with van der Waals surface area (Å²) in [6.07, 6.45) is 8.96. The molecule has 0 unspecified atom stereocenters. The molecule has 2 saturated carbocycles. The van der Waals surface area contributed by atoms with Crippen LogP contribution in [0.25, 0.3) is 11.0 Å². The minimum Gasteiger partial charge on any atom is -0.451 e. The van der Waals surface area contributed by atoms with Crippen molar-refractivity contribution in [1.29, 1.82) is 0 Å². The molecule has 0 bridgehead atoms. The number of hydrogen-bond donors (Lipinski definition) is 2. The van der Waals surface area contributed by atoms with Gasteiger partial charge in [0.1, 0.15) is 11.4 Å². The van der Waals surface area contributed by atoms with Gasteiger partial charge in [0, 0.05) is 17.0 Å². The Kier molecular flexibility index (Phi) is 4.73. The minimum atomic E-state index is -0.373. The first-order chi connectivity index (χ1) is 14.6. The molecule has 30 heavy (non-hydrogen) atoms. The summed E-state index contributed by atoms with van der Waals surface area (Å²) in [5, 5.41) is 6.57. The number of nitrogens with one attached hydrogen (secondary N) is 2. The quantitative estimate of drug-likeness (QED) is 0.665. The van der Waals surface area contributed by atoms with Crippen LogP contribution in [0.1, 0.15) is 48.5 Å². The molecular formula is C23H24N4O3. The molecule has 2 aliphatic rings. The average molecular weight is 404 g/mol. The predicted octanol–water partition coefficient (Wildman–Crippen LogP) is 4.55. The molecule has 2 amide bonds. The zero-order valence-corrected chi connectivity index (χ0v) is 16.9. The van der Waals surface area contributed by atoms with Crippen molar-refractivity contribution >= 4 is 34.2 Å². The number of hydrogen-bond acceptors (Lipinski definition) is 5. The van der Waals surface area contributed by atoms with Crippen molar-refractivity contribution in [2.45, 2.75) is 39.0 Å². The van der Waals surface area contributed by atoms with Crippen molar-refractivity contribution in [1.82, 2.24) is 9.97 Å². The fraction of sp³-hybridized carbons (Fsp3) is 0.391. The monoisotopic (exact) mass is 404 g/mol. The van der Waals surface area contributed by atoms with Crippen molar-refractivity contribution in [2.24, 2.45) is 17.8 Å². The summed E-state index contributed by atoms with van der Waals surface area (Å²) in [4.78, 5) is 33.4. The van der Waals surface area contributed by atoms with Crippen molar-refractivity contribution in [3.05, 3.63) is 48.2 Å². The third-order valence-corrected chi connectivity index (χ3v) is 6.47. The van der Waals surface area contributed by atoms with E-state index in [2.05, 4.69) is 20.6 Å². The summed E-state index contributed by atoms with van der Waals surface area (Å²) in [5.74, 6) is 1.97. The Morgan fingerprint density at radius 2 is 1.83 bits per heavy atom. The van der Waals surface area contributed by atoms with Gasteiger partial charge in [-0.05, 0) is 62.3 Å². The van der Waals surface area contributed by atoms with Gasteiger partial charge in [-0.3, -0.25) is 9.59 Å². The Balaban J connectivity index is 1.29. The molecule has 0 spiro atoms. The number of furan rings is 1. The highest BCUT2D eigenvalue weighted by Gasteiger charge is 2.42. The molecule has 0 aliphatic heterocycles. The molecule has 2 aliphatic carbocycles. The van der Waals surface area contributed by atoms with Crippen molar-refractivity contribution in [3.63, 3.8) is 0 Å². The highest BCUT2D eigenvalue weighted by Crippen LogP contribution is 2.47. The Labute approximate surface area is 174 Å². The second-order valence-electron chi connectivity index (χ2n) is 8.36. The van der Waals surface area contributed by atoms with Crippen LogP contribution in [0, 0.1) is 24.7 Å². The first-order valence-corrected chi connectivity index (χ1v) is 10.5. The van der Waals surface area contributed by atoms with Crippen molar-refractivity contribution < 1.29 is 14.0 Å². The molecule has 7 nitrogen and oxygen atoms in total. The number of aromatic nitrogens is 2. The Hall–Kier alpha value is -3.22. The summed E-state index contributed by atoms with van der Waals surface area (Å²) in [6.45, 7) is 1.78. The highest BCUT2D eigenvalue weighted by molar-refractivity contribution is 6.05. The van der Waals surface area contributed by atoms with Gasteiger partial charge in [0.25, 0.3) is 5.91 Å². The van der Waals surface area contributed by atoms with Gasteiger partial charge in [-0.1, -0.05) is 12.8 Å². The molecule has 3 aromatic rings. The number of anilines is 2. The van der Waals surface area contributed by atoms with Gasteiger partial charge in [-0.2, -0.15) is 0 Å². The summed E-state index contributed by atoms with van der Waals surface area (Å²) < 4.78 is 5.68. The van der Waals surface area contributed by atoms with Crippen LogP contribution < -0.4 is 10.6 Å². The lowest BCUT2D eigenvalue weighted by Crippen LogP contribution is -2.26. The maximum absolute atomic E-state index is 12.8. The average Bonchev–Trinajstić information content (AvgIpc) is 3.44. The number of aryl methyl sites for hydroxylation is 1. The molecule has 1 aromatic carbocycles. The maximum atomic E-state index is 12.8. The Morgan fingerprint density at radius 3 is 2.67 bits per heavy atom. The fourth-order valence-electron chi connectivity index (χ4n) is 5.00. The van der Waals surface area contributed by atoms with Crippen LogP contribution in [0.2, 0.25) is 0 Å². The number of carbonyl (C=O) groups excluding carboxylic acids is 2. The number of carbonyl (C=O) groups is 2. The summed E-state index contributed by atoms with van der Waals surface area (Å²) in [6, 6.07) is 7.13. The molecule has 3 atom stereocenters. The van der Waals surface area contributed by atoms with E-state index >= 15 is 0 Å². The number of fused-ring (bicyclic) bond motifs is 2.